The van der Waals surface area contributed by atoms with Gasteiger partial charge in [-0.3, -0.25) is 14.4 Å². The van der Waals surface area contributed by atoms with Gasteiger partial charge in [0.1, 0.15) is 0 Å². The molecule has 0 radical (unpaired) electrons. The van der Waals surface area contributed by atoms with Crippen molar-refractivity contribution >= 4 is 17.8 Å². The van der Waals surface area contributed by atoms with Crippen LogP contribution in [0.4, 0.5) is 0 Å². The Kier molecular flexibility index (Phi) is 5.12. The molecule has 18 heavy (non-hydrogen) atoms. The van der Waals surface area contributed by atoms with E-state index < -0.39 is 0 Å². The number of likely N-dealkylation sites (tertiary alicyclic amines) is 1. The lowest BCUT2D eigenvalue weighted by Crippen LogP contribution is -2.45. The standard InChI is InChI=1S/C12H20N2O4/c1-9(15)13(2)8-11(16)14-6-4-10(5-7-14)12(17)18-3/h10H,4-8H2,1-3H3. The van der Waals surface area contributed by atoms with E-state index in [1.165, 1.54) is 18.9 Å². The number of amides is 2. The molecule has 1 rings (SSSR count). The van der Waals surface area contributed by atoms with Gasteiger partial charge in [-0.2, -0.15) is 0 Å². The van der Waals surface area contributed by atoms with Gasteiger partial charge in [0.15, 0.2) is 0 Å². The van der Waals surface area contributed by atoms with Crippen LogP contribution in [0.15, 0.2) is 0 Å². The van der Waals surface area contributed by atoms with Crippen LogP contribution in [0.3, 0.4) is 0 Å². The molecular weight excluding hydrogens is 236 g/mol. The topological polar surface area (TPSA) is 66.9 Å². The summed E-state index contributed by atoms with van der Waals surface area (Å²) in [4.78, 5) is 37.3. The van der Waals surface area contributed by atoms with E-state index in [0.717, 1.165) is 0 Å². The fourth-order valence-corrected chi connectivity index (χ4v) is 1.95. The smallest absolute Gasteiger partial charge is 0.308 e. The lowest BCUT2D eigenvalue weighted by atomic mass is 9.97. The molecule has 6 nitrogen and oxygen atoms in total. The number of hydrogen-bond donors (Lipinski definition) is 0. The van der Waals surface area contributed by atoms with Crippen LogP contribution in [0.5, 0.6) is 0 Å². The van der Waals surface area contributed by atoms with E-state index >= 15 is 0 Å². The molecule has 0 aromatic heterocycles. The van der Waals surface area contributed by atoms with Crippen molar-refractivity contribution in [3.05, 3.63) is 0 Å². The number of likely N-dealkylation sites (N-methyl/N-ethyl adjacent to an activating group) is 1. The molecule has 0 bridgehead atoms. The van der Waals surface area contributed by atoms with Crippen LogP contribution in [0.25, 0.3) is 0 Å². The molecule has 6 heteroatoms. The molecule has 0 unspecified atom stereocenters. The maximum absolute atomic E-state index is 11.9. The third-order valence-corrected chi connectivity index (χ3v) is 3.29. The minimum absolute atomic E-state index is 0.0731. The molecule has 0 spiro atoms. The Morgan fingerprint density at radius 1 is 1.28 bits per heavy atom. The first-order valence-corrected chi connectivity index (χ1v) is 6.03. The van der Waals surface area contributed by atoms with Gasteiger partial charge in [0.2, 0.25) is 11.8 Å². The van der Waals surface area contributed by atoms with Crippen molar-refractivity contribution in [3.63, 3.8) is 0 Å². The average molecular weight is 256 g/mol. The monoisotopic (exact) mass is 256 g/mol. The van der Waals surface area contributed by atoms with Gasteiger partial charge in [-0.15, -0.1) is 0 Å². The molecule has 102 valence electrons. The first kappa shape index (κ1) is 14.5. The van der Waals surface area contributed by atoms with Gasteiger partial charge in [0, 0.05) is 27.1 Å². The van der Waals surface area contributed by atoms with Gasteiger partial charge in [0.25, 0.3) is 0 Å². The fourth-order valence-electron chi connectivity index (χ4n) is 1.95. The quantitative estimate of drug-likeness (QED) is 0.660. The molecule has 0 aromatic rings. The zero-order valence-electron chi connectivity index (χ0n) is 11.1. The average Bonchev–Trinajstić information content (AvgIpc) is 2.37. The van der Waals surface area contributed by atoms with Gasteiger partial charge in [-0.25, -0.2) is 0 Å². The predicted octanol–water partition coefficient (Wildman–Crippen LogP) is -0.124. The normalized spacial score (nSPS) is 16.3. The minimum Gasteiger partial charge on any atom is -0.469 e. The first-order chi connectivity index (χ1) is 8.45. The van der Waals surface area contributed by atoms with Crippen LogP contribution < -0.4 is 0 Å². The second-order valence-corrected chi connectivity index (χ2v) is 4.55. The van der Waals surface area contributed by atoms with Gasteiger partial charge in [0.05, 0.1) is 19.6 Å². The first-order valence-electron chi connectivity index (χ1n) is 6.03. The summed E-state index contributed by atoms with van der Waals surface area (Å²) < 4.78 is 4.69. The van der Waals surface area contributed by atoms with Crippen LogP contribution in [0.2, 0.25) is 0 Å². The Morgan fingerprint density at radius 2 is 1.83 bits per heavy atom. The number of rotatable bonds is 3. The highest BCUT2D eigenvalue weighted by molar-refractivity contribution is 5.84. The molecule has 1 fully saturated rings. The molecule has 1 heterocycles. The van der Waals surface area contributed by atoms with E-state index in [-0.39, 0.29) is 30.2 Å². The van der Waals surface area contributed by atoms with Crippen LogP contribution in [-0.2, 0) is 19.1 Å². The summed E-state index contributed by atoms with van der Waals surface area (Å²) in [6.07, 6.45) is 1.25. The molecule has 1 saturated heterocycles. The summed E-state index contributed by atoms with van der Waals surface area (Å²) in [6, 6.07) is 0. The van der Waals surface area contributed by atoms with Crippen molar-refractivity contribution in [1.82, 2.24) is 9.80 Å². The van der Waals surface area contributed by atoms with Crippen LogP contribution in [0.1, 0.15) is 19.8 Å². The molecule has 0 N–H and O–H groups in total. The second-order valence-electron chi connectivity index (χ2n) is 4.55. The number of piperidine rings is 1. The fraction of sp³-hybridized carbons (Fsp3) is 0.750. The molecule has 0 aromatic carbocycles. The Morgan fingerprint density at radius 3 is 2.28 bits per heavy atom. The van der Waals surface area contributed by atoms with Crippen LogP contribution >= 0.6 is 0 Å². The zero-order chi connectivity index (χ0) is 13.7. The van der Waals surface area contributed by atoms with Crippen molar-refractivity contribution in [3.8, 4) is 0 Å². The maximum Gasteiger partial charge on any atom is 0.308 e. The van der Waals surface area contributed by atoms with Crippen molar-refractivity contribution in [2.45, 2.75) is 19.8 Å². The number of nitrogens with zero attached hydrogens (tertiary/aromatic N) is 2. The lowest BCUT2D eigenvalue weighted by Gasteiger charge is -2.31. The van der Waals surface area contributed by atoms with Crippen molar-refractivity contribution in [2.24, 2.45) is 5.92 Å². The SMILES string of the molecule is COC(=O)C1CCN(C(=O)CN(C)C(C)=O)CC1. The van der Waals surface area contributed by atoms with E-state index in [9.17, 15) is 14.4 Å². The summed E-state index contributed by atoms with van der Waals surface area (Å²) >= 11 is 0. The van der Waals surface area contributed by atoms with Crippen molar-refractivity contribution in [2.75, 3.05) is 33.8 Å². The third kappa shape index (κ3) is 3.72. The molecular formula is C12H20N2O4. The largest absolute Gasteiger partial charge is 0.469 e. The minimum atomic E-state index is -0.206. The Balaban J connectivity index is 2.41. The van der Waals surface area contributed by atoms with E-state index in [4.69, 9.17) is 0 Å². The number of esters is 1. The molecule has 2 amide bonds. The molecule has 1 aliphatic heterocycles. The van der Waals surface area contributed by atoms with Crippen LogP contribution in [-0.4, -0.2) is 61.4 Å². The predicted molar refractivity (Wildman–Crippen MR) is 64.6 cm³/mol. The highest BCUT2D eigenvalue weighted by atomic mass is 16.5. The molecule has 0 aliphatic carbocycles. The van der Waals surface area contributed by atoms with Gasteiger partial charge >= 0.3 is 5.97 Å². The highest BCUT2D eigenvalue weighted by Gasteiger charge is 2.28. The number of ether oxygens (including phenoxy) is 1. The third-order valence-electron chi connectivity index (χ3n) is 3.29. The van der Waals surface area contributed by atoms with Gasteiger partial charge in [-0.05, 0) is 12.8 Å². The summed E-state index contributed by atoms with van der Waals surface area (Å²) in [6.45, 7) is 2.61. The number of hydrogen-bond acceptors (Lipinski definition) is 4. The summed E-state index contributed by atoms with van der Waals surface area (Å²) in [5.41, 5.74) is 0. The maximum atomic E-state index is 11.9. The van der Waals surface area contributed by atoms with Gasteiger partial charge < -0.3 is 14.5 Å². The zero-order valence-corrected chi connectivity index (χ0v) is 11.1. The highest BCUT2D eigenvalue weighted by Crippen LogP contribution is 2.18. The van der Waals surface area contributed by atoms with Crippen molar-refractivity contribution < 1.29 is 19.1 Å². The molecule has 1 aliphatic rings. The van der Waals surface area contributed by atoms with Crippen molar-refractivity contribution in [1.29, 1.82) is 0 Å². The second kappa shape index (κ2) is 6.37. The van der Waals surface area contributed by atoms with E-state index in [1.54, 1.807) is 11.9 Å². The Bertz CT molecular complexity index is 335. The summed E-state index contributed by atoms with van der Waals surface area (Å²) in [5, 5.41) is 0. The molecule has 0 saturated carbocycles. The van der Waals surface area contributed by atoms with E-state index in [1.807, 2.05) is 0 Å². The lowest BCUT2D eigenvalue weighted by molar-refractivity contribution is -0.149. The summed E-state index contributed by atoms with van der Waals surface area (Å²) in [7, 11) is 2.98. The molecule has 0 atom stereocenters. The Labute approximate surface area is 107 Å². The summed E-state index contributed by atoms with van der Waals surface area (Å²) in [5.74, 6) is -0.517. The van der Waals surface area contributed by atoms with Gasteiger partial charge in [-0.1, -0.05) is 0 Å². The van der Waals surface area contributed by atoms with E-state index in [2.05, 4.69) is 4.74 Å². The van der Waals surface area contributed by atoms with E-state index in [0.29, 0.717) is 25.9 Å². The Hall–Kier alpha value is -1.59. The number of carbonyl (C=O) groups is 3. The van der Waals surface area contributed by atoms with Crippen LogP contribution in [0, 0.1) is 5.92 Å². The number of carbonyl (C=O) groups excluding carboxylic acids is 3. The number of methoxy groups -OCH3 is 1.